The predicted octanol–water partition coefficient (Wildman–Crippen LogP) is 1.63. The Labute approximate surface area is 66.8 Å². The largest absolute Gasteiger partial charge is 0.504 e. The summed E-state index contributed by atoms with van der Waals surface area (Å²) in [6, 6.07) is 0. The van der Waals surface area contributed by atoms with Crippen LogP contribution in [-0.4, -0.2) is 16.8 Å². The molecule has 4 N–H and O–H groups in total. The third-order valence-electron chi connectivity index (χ3n) is 1.28. The predicted molar refractivity (Wildman–Crippen MR) is 45.4 cm³/mol. The average molecular weight is 157 g/mol. The summed E-state index contributed by atoms with van der Waals surface area (Å²) in [6.07, 6.45) is 4.51. The highest BCUT2D eigenvalue weighted by atomic mass is 16.3. The van der Waals surface area contributed by atoms with Gasteiger partial charge in [0.25, 0.3) is 0 Å². The molecule has 0 aliphatic heterocycles. The van der Waals surface area contributed by atoms with Crippen molar-refractivity contribution in [1.29, 1.82) is 0 Å². The van der Waals surface area contributed by atoms with Crippen molar-refractivity contribution in [2.45, 2.75) is 19.8 Å². The lowest BCUT2D eigenvalue weighted by Crippen LogP contribution is -1.97. The second kappa shape index (κ2) is 5.80. The van der Waals surface area contributed by atoms with Crippen LogP contribution in [0.15, 0.2) is 23.7 Å². The molecule has 0 unspecified atom stereocenters. The third kappa shape index (κ3) is 4.44. The van der Waals surface area contributed by atoms with Gasteiger partial charge in [-0.05, 0) is 38.5 Å². The van der Waals surface area contributed by atoms with Gasteiger partial charge in [0.1, 0.15) is 0 Å². The molecule has 3 heteroatoms. The lowest BCUT2D eigenvalue weighted by molar-refractivity contribution is 0.324. The van der Waals surface area contributed by atoms with Gasteiger partial charge >= 0.3 is 0 Å². The molecule has 0 saturated carbocycles. The Hall–Kier alpha value is -0.960. The van der Waals surface area contributed by atoms with E-state index in [2.05, 4.69) is 0 Å². The van der Waals surface area contributed by atoms with E-state index in [1.54, 1.807) is 13.0 Å². The molecule has 0 aromatic heterocycles. The lowest BCUT2D eigenvalue weighted by Gasteiger charge is -1.96. The minimum Gasteiger partial charge on any atom is -0.504 e. The maximum absolute atomic E-state index is 9.05. The number of hydrogen-bond acceptors (Lipinski definition) is 3. The summed E-state index contributed by atoms with van der Waals surface area (Å²) < 4.78 is 0. The first-order valence-electron chi connectivity index (χ1n) is 3.67. The first-order valence-corrected chi connectivity index (χ1v) is 3.67. The van der Waals surface area contributed by atoms with Crippen LogP contribution in [0.1, 0.15) is 19.8 Å². The Balaban J connectivity index is 3.81. The molecule has 0 aliphatic rings. The van der Waals surface area contributed by atoms with Crippen LogP contribution in [0.3, 0.4) is 0 Å². The molecule has 0 rings (SSSR count). The Morgan fingerprint density at radius 1 is 1.36 bits per heavy atom. The summed E-state index contributed by atoms with van der Waals surface area (Å²) in [6.45, 7) is 2.25. The molecule has 0 atom stereocenters. The summed E-state index contributed by atoms with van der Waals surface area (Å²) in [7, 11) is 0. The summed E-state index contributed by atoms with van der Waals surface area (Å²) in [4.78, 5) is 0. The second-order valence-corrected chi connectivity index (χ2v) is 2.19. The molecule has 0 aromatic rings. The van der Waals surface area contributed by atoms with E-state index in [-0.39, 0.29) is 11.5 Å². The first kappa shape index (κ1) is 10.0. The van der Waals surface area contributed by atoms with Crippen molar-refractivity contribution in [2.24, 2.45) is 5.73 Å². The van der Waals surface area contributed by atoms with E-state index in [1.807, 2.05) is 0 Å². The van der Waals surface area contributed by atoms with Gasteiger partial charge in [0.15, 0.2) is 11.5 Å². The van der Waals surface area contributed by atoms with E-state index >= 15 is 0 Å². The van der Waals surface area contributed by atoms with E-state index in [0.29, 0.717) is 13.0 Å². The number of hydrogen-bond donors (Lipinski definition) is 3. The minimum atomic E-state index is -0.0815. The summed E-state index contributed by atoms with van der Waals surface area (Å²) in [5.41, 5.74) is 5.24. The van der Waals surface area contributed by atoms with Gasteiger partial charge in [0, 0.05) is 0 Å². The van der Waals surface area contributed by atoms with E-state index < -0.39 is 0 Å². The molecule has 64 valence electrons. The van der Waals surface area contributed by atoms with Crippen molar-refractivity contribution in [3.63, 3.8) is 0 Å². The molecule has 0 spiro atoms. The Morgan fingerprint density at radius 3 is 2.45 bits per heavy atom. The van der Waals surface area contributed by atoms with E-state index in [0.717, 1.165) is 6.42 Å². The van der Waals surface area contributed by atoms with Crippen LogP contribution in [0.4, 0.5) is 0 Å². The van der Waals surface area contributed by atoms with Gasteiger partial charge in [-0.2, -0.15) is 0 Å². The monoisotopic (exact) mass is 157 g/mol. The molecule has 0 amide bonds. The molecular weight excluding hydrogens is 142 g/mol. The summed E-state index contributed by atoms with van der Waals surface area (Å²) in [5, 5.41) is 18.0. The van der Waals surface area contributed by atoms with Crippen molar-refractivity contribution in [1.82, 2.24) is 0 Å². The topological polar surface area (TPSA) is 66.5 Å². The van der Waals surface area contributed by atoms with Crippen LogP contribution < -0.4 is 5.73 Å². The maximum atomic E-state index is 9.05. The number of rotatable bonds is 4. The number of allylic oxidation sites excluding steroid dienone is 2. The molecule has 0 aromatic carbocycles. The van der Waals surface area contributed by atoms with Crippen LogP contribution in [0.25, 0.3) is 0 Å². The van der Waals surface area contributed by atoms with Crippen molar-refractivity contribution in [3.8, 4) is 0 Å². The fraction of sp³-hybridized carbons (Fsp3) is 0.500. The molecule has 0 aliphatic carbocycles. The highest BCUT2D eigenvalue weighted by Crippen LogP contribution is 2.03. The van der Waals surface area contributed by atoms with Crippen molar-refractivity contribution in [2.75, 3.05) is 6.54 Å². The fourth-order valence-electron chi connectivity index (χ4n) is 0.609. The number of aliphatic hydroxyl groups excluding tert-OH is 2. The maximum Gasteiger partial charge on any atom is 0.152 e. The minimum absolute atomic E-state index is 0.0686. The number of nitrogens with two attached hydrogens (primary N) is 1. The highest BCUT2D eigenvalue weighted by molar-refractivity contribution is 5.16. The number of aliphatic hydroxyl groups is 2. The van der Waals surface area contributed by atoms with Crippen LogP contribution in [0.5, 0.6) is 0 Å². The Bertz CT molecular complexity index is 161. The fourth-order valence-corrected chi connectivity index (χ4v) is 0.609. The Morgan fingerprint density at radius 2 is 2.00 bits per heavy atom. The third-order valence-corrected chi connectivity index (χ3v) is 1.28. The molecule has 0 radical (unpaired) electrons. The molecular formula is C8H15NO2. The molecule has 0 heterocycles. The first-order chi connectivity index (χ1) is 5.22. The van der Waals surface area contributed by atoms with Crippen LogP contribution >= 0.6 is 0 Å². The van der Waals surface area contributed by atoms with Crippen LogP contribution in [0.2, 0.25) is 0 Å². The normalized spacial score (nSPS) is 13.6. The molecule has 11 heavy (non-hydrogen) atoms. The van der Waals surface area contributed by atoms with Crippen molar-refractivity contribution >= 4 is 0 Å². The SMILES string of the molecule is C/C=C(O)\C(O)=C/CCCN. The van der Waals surface area contributed by atoms with Gasteiger partial charge in [-0.3, -0.25) is 0 Å². The molecule has 0 bridgehead atoms. The van der Waals surface area contributed by atoms with Gasteiger partial charge < -0.3 is 15.9 Å². The average Bonchev–Trinajstić information content (AvgIpc) is 2.03. The van der Waals surface area contributed by atoms with Crippen molar-refractivity contribution < 1.29 is 10.2 Å². The van der Waals surface area contributed by atoms with Gasteiger partial charge in [0.2, 0.25) is 0 Å². The van der Waals surface area contributed by atoms with E-state index in [1.165, 1.54) is 6.08 Å². The molecule has 0 saturated heterocycles. The van der Waals surface area contributed by atoms with Crippen LogP contribution in [-0.2, 0) is 0 Å². The smallest absolute Gasteiger partial charge is 0.152 e. The quantitative estimate of drug-likeness (QED) is 0.330. The highest BCUT2D eigenvalue weighted by Gasteiger charge is 1.95. The van der Waals surface area contributed by atoms with E-state index in [4.69, 9.17) is 15.9 Å². The standard InChI is InChI=1S/C8H15NO2/c1-2-7(10)8(11)5-3-4-6-9/h2,5,10-11H,3-4,6,9H2,1H3/b7-2+,8-5+. The van der Waals surface area contributed by atoms with Gasteiger partial charge in [-0.1, -0.05) is 0 Å². The van der Waals surface area contributed by atoms with Gasteiger partial charge in [-0.15, -0.1) is 0 Å². The molecule has 0 fully saturated rings. The van der Waals surface area contributed by atoms with Crippen molar-refractivity contribution in [3.05, 3.63) is 23.7 Å². The lowest BCUT2D eigenvalue weighted by atomic mass is 10.2. The van der Waals surface area contributed by atoms with E-state index in [9.17, 15) is 0 Å². The van der Waals surface area contributed by atoms with Gasteiger partial charge in [0.05, 0.1) is 0 Å². The van der Waals surface area contributed by atoms with Gasteiger partial charge in [-0.25, -0.2) is 0 Å². The number of unbranched alkanes of at least 4 members (excludes halogenated alkanes) is 1. The zero-order chi connectivity index (χ0) is 8.69. The van der Waals surface area contributed by atoms with Crippen LogP contribution in [0, 0.1) is 0 Å². The summed E-state index contributed by atoms with van der Waals surface area (Å²) in [5.74, 6) is -0.150. The molecule has 3 nitrogen and oxygen atoms in total. The second-order valence-electron chi connectivity index (χ2n) is 2.19. The zero-order valence-corrected chi connectivity index (χ0v) is 6.75. The summed E-state index contributed by atoms with van der Waals surface area (Å²) >= 11 is 0. The zero-order valence-electron chi connectivity index (χ0n) is 6.75. The Kier molecular flexibility index (Phi) is 5.29.